The maximum atomic E-state index is 13.6. The molecule has 1 aromatic heterocycles. The van der Waals surface area contributed by atoms with E-state index in [-0.39, 0.29) is 12.4 Å². The number of amides is 3. The molecule has 1 fully saturated rings. The summed E-state index contributed by atoms with van der Waals surface area (Å²) in [6, 6.07) is 13.1. The van der Waals surface area contributed by atoms with Crippen LogP contribution in [0.3, 0.4) is 0 Å². The van der Waals surface area contributed by atoms with Crippen molar-refractivity contribution in [3.05, 3.63) is 65.5 Å². The molecule has 1 aliphatic rings. The molecule has 2 heterocycles. The summed E-state index contributed by atoms with van der Waals surface area (Å²) in [5, 5.41) is 3.62. The predicted octanol–water partition coefficient (Wildman–Crippen LogP) is 2.41. The standard InChI is InChI=1S/C27H32N4O7S/c1-18-8-4-5-9-19(18)22(39(35,36)17-12-28-26(34)31-13-15-37-16-14-31)24(33)30-27(2,3)23(32)25-29-20-10-6-7-11-21(20)38-25/h4-11,22H,12-17H2,1-3H3,(H,28,34)(H,30,33). The van der Waals surface area contributed by atoms with Gasteiger partial charge in [0.25, 0.3) is 5.89 Å². The highest BCUT2D eigenvalue weighted by molar-refractivity contribution is 7.92. The summed E-state index contributed by atoms with van der Waals surface area (Å²) in [5.74, 6) is -2.14. The van der Waals surface area contributed by atoms with Crippen molar-refractivity contribution in [3.8, 4) is 0 Å². The zero-order chi connectivity index (χ0) is 28.2. The number of carbonyl (C=O) groups is 3. The quantitative estimate of drug-likeness (QED) is 0.382. The number of fused-ring (bicyclic) bond motifs is 1. The van der Waals surface area contributed by atoms with Crippen LogP contribution in [0, 0.1) is 6.92 Å². The molecule has 208 valence electrons. The maximum absolute atomic E-state index is 13.6. The molecule has 39 heavy (non-hydrogen) atoms. The Labute approximate surface area is 226 Å². The van der Waals surface area contributed by atoms with E-state index >= 15 is 0 Å². The number of hydrogen-bond acceptors (Lipinski definition) is 8. The fourth-order valence-electron chi connectivity index (χ4n) is 4.34. The van der Waals surface area contributed by atoms with Crippen molar-refractivity contribution in [1.82, 2.24) is 20.5 Å². The number of Topliss-reactive ketones (excluding diaryl/α,β-unsaturated/α-hetero) is 1. The Balaban J connectivity index is 1.53. The number of morpholine rings is 1. The molecule has 3 amide bonds. The number of nitrogens with one attached hydrogen (secondary N) is 2. The van der Waals surface area contributed by atoms with Crippen molar-refractivity contribution in [2.24, 2.45) is 0 Å². The first-order valence-corrected chi connectivity index (χ1v) is 14.3. The number of carbonyl (C=O) groups excluding carboxylic acids is 3. The van der Waals surface area contributed by atoms with Crippen molar-refractivity contribution in [3.63, 3.8) is 0 Å². The van der Waals surface area contributed by atoms with Gasteiger partial charge in [0.1, 0.15) is 11.1 Å². The van der Waals surface area contributed by atoms with Gasteiger partial charge >= 0.3 is 6.03 Å². The topological polar surface area (TPSA) is 148 Å². The number of ketones is 1. The minimum Gasteiger partial charge on any atom is -0.434 e. The van der Waals surface area contributed by atoms with Gasteiger partial charge in [-0.15, -0.1) is 0 Å². The lowest BCUT2D eigenvalue weighted by Crippen LogP contribution is -2.52. The lowest BCUT2D eigenvalue weighted by Gasteiger charge is -2.28. The number of benzene rings is 2. The third-order valence-electron chi connectivity index (χ3n) is 6.52. The number of urea groups is 1. The minimum atomic E-state index is -4.13. The highest BCUT2D eigenvalue weighted by Crippen LogP contribution is 2.28. The molecule has 2 aromatic carbocycles. The SMILES string of the molecule is Cc1ccccc1C(C(=O)NC(C)(C)C(=O)c1nc2ccccc2o1)S(=O)(=O)CCNC(=O)N1CCOCC1. The molecule has 1 saturated heterocycles. The summed E-state index contributed by atoms with van der Waals surface area (Å²) >= 11 is 0. The number of rotatable bonds is 9. The molecule has 2 N–H and O–H groups in total. The molecule has 0 aliphatic carbocycles. The molecule has 1 aliphatic heterocycles. The van der Waals surface area contributed by atoms with E-state index in [4.69, 9.17) is 9.15 Å². The molecular formula is C27H32N4O7S. The Hall–Kier alpha value is -3.77. The summed E-state index contributed by atoms with van der Waals surface area (Å²) in [7, 11) is -4.13. The zero-order valence-electron chi connectivity index (χ0n) is 22.1. The van der Waals surface area contributed by atoms with Crippen LogP contribution in [0.4, 0.5) is 4.79 Å². The van der Waals surface area contributed by atoms with Gasteiger partial charge in [-0.3, -0.25) is 9.59 Å². The van der Waals surface area contributed by atoms with E-state index < -0.39 is 44.1 Å². The van der Waals surface area contributed by atoms with Gasteiger partial charge < -0.3 is 24.7 Å². The molecule has 3 aromatic rings. The highest BCUT2D eigenvalue weighted by Gasteiger charge is 2.41. The second-order valence-electron chi connectivity index (χ2n) is 9.87. The molecule has 0 radical (unpaired) electrons. The van der Waals surface area contributed by atoms with Crippen molar-refractivity contribution < 1.29 is 32.0 Å². The van der Waals surface area contributed by atoms with Crippen LogP contribution in [0.2, 0.25) is 0 Å². The highest BCUT2D eigenvalue weighted by atomic mass is 32.2. The van der Waals surface area contributed by atoms with E-state index in [1.165, 1.54) is 13.8 Å². The largest absolute Gasteiger partial charge is 0.434 e. The Bertz CT molecular complexity index is 1440. The van der Waals surface area contributed by atoms with Crippen molar-refractivity contribution in [2.75, 3.05) is 38.6 Å². The number of sulfone groups is 1. The number of aromatic nitrogens is 1. The van der Waals surface area contributed by atoms with Crippen LogP contribution in [-0.2, 0) is 19.4 Å². The van der Waals surface area contributed by atoms with Crippen LogP contribution in [0.1, 0.15) is 40.9 Å². The van der Waals surface area contributed by atoms with Gasteiger partial charge in [0.05, 0.1) is 19.0 Å². The third-order valence-corrected chi connectivity index (χ3v) is 8.48. The van der Waals surface area contributed by atoms with Gasteiger partial charge in [-0.1, -0.05) is 36.4 Å². The second-order valence-corrected chi connectivity index (χ2v) is 12.1. The van der Waals surface area contributed by atoms with Gasteiger partial charge in [-0.2, -0.15) is 0 Å². The maximum Gasteiger partial charge on any atom is 0.317 e. The Kier molecular flexibility index (Phi) is 8.36. The number of oxazole rings is 1. The van der Waals surface area contributed by atoms with Crippen LogP contribution in [0.15, 0.2) is 52.9 Å². The first-order chi connectivity index (χ1) is 18.5. The van der Waals surface area contributed by atoms with Crippen molar-refractivity contribution in [1.29, 1.82) is 0 Å². The molecule has 1 atom stereocenters. The number of para-hydroxylation sites is 2. The average molecular weight is 557 g/mol. The minimum absolute atomic E-state index is 0.181. The van der Waals surface area contributed by atoms with Gasteiger partial charge in [-0.25, -0.2) is 18.2 Å². The van der Waals surface area contributed by atoms with E-state index in [1.807, 2.05) is 0 Å². The fourth-order valence-corrected chi connectivity index (χ4v) is 6.00. The monoisotopic (exact) mass is 556 g/mol. The first kappa shape index (κ1) is 28.2. The predicted molar refractivity (Wildman–Crippen MR) is 144 cm³/mol. The van der Waals surface area contributed by atoms with E-state index in [0.717, 1.165) is 0 Å². The third kappa shape index (κ3) is 6.45. The second kappa shape index (κ2) is 11.5. The van der Waals surface area contributed by atoms with Gasteiger partial charge in [0.2, 0.25) is 11.7 Å². The Morgan fingerprint density at radius 3 is 2.41 bits per heavy atom. The molecular weight excluding hydrogens is 524 g/mol. The smallest absolute Gasteiger partial charge is 0.317 e. The van der Waals surface area contributed by atoms with Crippen LogP contribution in [0.25, 0.3) is 11.1 Å². The van der Waals surface area contributed by atoms with Crippen molar-refractivity contribution >= 4 is 38.7 Å². The number of ether oxygens (including phenoxy) is 1. The Morgan fingerprint density at radius 2 is 1.72 bits per heavy atom. The lowest BCUT2D eigenvalue weighted by molar-refractivity contribution is -0.122. The van der Waals surface area contributed by atoms with E-state index in [0.29, 0.717) is 48.5 Å². The molecule has 1 unspecified atom stereocenters. The molecule has 0 spiro atoms. The summed E-state index contributed by atoms with van der Waals surface area (Å²) < 4.78 is 37.9. The molecule has 0 saturated carbocycles. The fraction of sp³-hybridized carbons (Fsp3) is 0.407. The lowest BCUT2D eigenvalue weighted by atomic mass is 9.97. The Morgan fingerprint density at radius 1 is 1.05 bits per heavy atom. The summed E-state index contributed by atoms with van der Waals surface area (Å²) in [5.41, 5.74) is 0.269. The number of aryl methyl sites for hydroxylation is 1. The van der Waals surface area contributed by atoms with Gasteiger partial charge in [-0.05, 0) is 44.0 Å². The summed E-state index contributed by atoms with van der Waals surface area (Å²) in [6.07, 6.45) is 0. The van der Waals surface area contributed by atoms with Crippen LogP contribution in [0.5, 0.6) is 0 Å². The zero-order valence-corrected chi connectivity index (χ0v) is 22.9. The molecule has 11 nitrogen and oxygen atoms in total. The summed E-state index contributed by atoms with van der Waals surface area (Å²) in [4.78, 5) is 45.0. The molecule has 12 heteroatoms. The van der Waals surface area contributed by atoms with Gasteiger partial charge in [0, 0.05) is 19.6 Å². The number of hydrogen-bond donors (Lipinski definition) is 2. The van der Waals surface area contributed by atoms with Crippen LogP contribution in [-0.4, -0.2) is 80.2 Å². The van der Waals surface area contributed by atoms with E-state index in [2.05, 4.69) is 15.6 Å². The van der Waals surface area contributed by atoms with Gasteiger partial charge in [0.15, 0.2) is 20.7 Å². The number of nitrogens with zero attached hydrogens (tertiary/aromatic N) is 2. The molecule has 0 bridgehead atoms. The van der Waals surface area contributed by atoms with Crippen LogP contribution < -0.4 is 10.6 Å². The normalized spacial score (nSPS) is 15.1. The van der Waals surface area contributed by atoms with E-state index in [9.17, 15) is 22.8 Å². The van der Waals surface area contributed by atoms with Crippen LogP contribution >= 0.6 is 0 Å². The summed E-state index contributed by atoms with van der Waals surface area (Å²) in [6.45, 7) is 6.11. The average Bonchev–Trinajstić information content (AvgIpc) is 3.33. The molecule has 4 rings (SSSR count). The van der Waals surface area contributed by atoms with E-state index in [1.54, 1.807) is 60.4 Å². The van der Waals surface area contributed by atoms with Crippen molar-refractivity contribution in [2.45, 2.75) is 31.6 Å². The first-order valence-electron chi connectivity index (χ1n) is 12.6.